The van der Waals surface area contributed by atoms with Crippen LogP contribution in [0.1, 0.15) is 73.9 Å². The molecule has 43 heavy (non-hydrogen) atoms. The van der Waals surface area contributed by atoms with Crippen LogP contribution in [0.15, 0.2) is 84.9 Å². The SMILES string of the molecule is Cc1nc2ccccc2n1C1C[C@H]2CC[C@@H](C1)N2CCC1(c2ccccc2)CCN(C(=O)C(CO)c2ccccc2)CC1. The smallest absolute Gasteiger partial charge is 0.232 e. The maximum Gasteiger partial charge on any atom is 0.232 e. The lowest BCUT2D eigenvalue weighted by molar-refractivity contribution is -0.135. The Bertz CT molecular complexity index is 1530. The third-order valence-corrected chi connectivity index (χ3v) is 10.9. The maximum absolute atomic E-state index is 13.6. The lowest BCUT2D eigenvalue weighted by atomic mass is 9.70. The number of rotatable bonds is 8. The molecule has 4 atom stereocenters. The van der Waals surface area contributed by atoms with E-state index in [1.807, 2.05) is 35.2 Å². The lowest BCUT2D eigenvalue weighted by Crippen LogP contribution is -2.50. The van der Waals surface area contributed by atoms with Crippen molar-refractivity contribution in [2.75, 3.05) is 26.2 Å². The Morgan fingerprint density at radius 1 is 0.884 bits per heavy atom. The Hall–Kier alpha value is -3.48. The standard InChI is InChI=1S/C37H44N4O2/c1-27-38-34-14-8-9-15-35(34)41(27)32-24-30-16-17-31(25-32)40(30)23-20-37(29-12-6-3-7-13-29)18-21-39(22-19-37)36(43)33(26-42)28-10-4-2-5-11-28/h2-15,30-33,42H,16-26H2,1H3/t30-,31+,32?,33?. The number of aryl methyl sites for hydroxylation is 1. The number of likely N-dealkylation sites (tertiary alicyclic amines) is 1. The molecule has 6 nitrogen and oxygen atoms in total. The van der Waals surface area contributed by atoms with Gasteiger partial charge in [0.2, 0.25) is 5.91 Å². The van der Waals surface area contributed by atoms with Crippen molar-refractivity contribution in [1.82, 2.24) is 19.4 Å². The van der Waals surface area contributed by atoms with Gasteiger partial charge in [0.1, 0.15) is 5.82 Å². The van der Waals surface area contributed by atoms with Crippen LogP contribution in [0.2, 0.25) is 0 Å². The van der Waals surface area contributed by atoms with Gasteiger partial charge >= 0.3 is 0 Å². The average molecular weight is 577 g/mol. The molecule has 7 rings (SSSR count). The summed E-state index contributed by atoms with van der Waals surface area (Å²) in [5.74, 6) is 0.704. The number of hydrogen-bond donors (Lipinski definition) is 1. The molecule has 1 aromatic heterocycles. The highest BCUT2D eigenvalue weighted by molar-refractivity contribution is 5.84. The highest BCUT2D eigenvalue weighted by Gasteiger charge is 2.44. The molecule has 4 aromatic rings. The van der Waals surface area contributed by atoms with E-state index in [4.69, 9.17) is 4.98 Å². The van der Waals surface area contributed by atoms with Crippen molar-refractivity contribution in [3.05, 3.63) is 102 Å². The number of piperidine rings is 2. The highest BCUT2D eigenvalue weighted by atomic mass is 16.3. The zero-order valence-electron chi connectivity index (χ0n) is 25.3. The van der Waals surface area contributed by atoms with E-state index in [0.29, 0.717) is 18.1 Å². The molecule has 1 N–H and O–H groups in total. The summed E-state index contributed by atoms with van der Waals surface area (Å²) in [4.78, 5) is 23.3. The zero-order chi connectivity index (χ0) is 29.4. The number of amides is 1. The summed E-state index contributed by atoms with van der Waals surface area (Å²) in [7, 11) is 0. The largest absolute Gasteiger partial charge is 0.395 e. The second-order valence-corrected chi connectivity index (χ2v) is 13.1. The van der Waals surface area contributed by atoms with Crippen molar-refractivity contribution in [3.63, 3.8) is 0 Å². The maximum atomic E-state index is 13.6. The average Bonchev–Trinajstić information content (AvgIpc) is 3.51. The molecule has 0 aliphatic carbocycles. The summed E-state index contributed by atoms with van der Waals surface area (Å²) >= 11 is 0. The molecule has 0 saturated carbocycles. The fourth-order valence-electron chi connectivity index (χ4n) is 8.65. The van der Waals surface area contributed by atoms with Crippen LogP contribution in [0.25, 0.3) is 11.0 Å². The summed E-state index contributed by atoms with van der Waals surface area (Å²) in [6.45, 7) is 4.59. The lowest BCUT2D eigenvalue weighted by Gasteiger charge is -2.46. The van der Waals surface area contributed by atoms with Gasteiger partial charge in [-0.15, -0.1) is 0 Å². The van der Waals surface area contributed by atoms with E-state index < -0.39 is 5.92 Å². The number of aliphatic hydroxyl groups is 1. The number of aliphatic hydroxyl groups excluding tert-OH is 1. The summed E-state index contributed by atoms with van der Waals surface area (Å²) in [6.07, 6.45) is 8.00. The van der Waals surface area contributed by atoms with Crippen LogP contribution in [0, 0.1) is 6.92 Å². The zero-order valence-corrected chi connectivity index (χ0v) is 25.3. The van der Waals surface area contributed by atoms with Crippen LogP contribution < -0.4 is 0 Å². The van der Waals surface area contributed by atoms with Crippen LogP contribution in [-0.4, -0.2) is 68.7 Å². The van der Waals surface area contributed by atoms with Gasteiger partial charge in [-0.05, 0) is 87.1 Å². The van der Waals surface area contributed by atoms with Gasteiger partial charge in [0, 0.05) is 31.2 Å². The van der Waals surface area contributed by atoms with E-state index >= 15 is 0 Å². The van der Waals surface area contributed by atoms with Crippen molar-refractivity contribution < 1.29 is 9.90 Å². The predicted molar refractivity (Wildman–Crippen MR) is 171 cm³/mol. The number of aromatic nitrogens is 2. The number of nitrogens with zero attached hydrogens (tertiary/aromatic N) is 4. The molecule has 1 amide bonds. The quantitative estimate of drug-likeness (QED) is 0.270. The number of benzene rings is 3. The highest BCUT2D eigenvalue weighted by Crippen LogP contribution is 2.45. The van der Waals surface area contributed by atoms with Crippen LogP contribution in [0.5, 0.6) is 0 Å². The van der Waals surface area contributed by atoms with Crippen LogP contribution in [0.4, 0.5) is 0 Å². The molecule has 3 aliphatic rings. The fourth-order valence-corrected chi connectivity index (χ4v) is 8.65. The summed E-state index contributed by atoms with van der Waals surface area (Å²) in [5, 5.41) is 10.1. The normalized spacial score (nSPS) is 24.3. The first-order chi connectivity index (χ1) is 21.1. The number of carbonyl (C=O) groups excluding carboxylic acids is 1. The first-order valence-corrected chi connectivity index (χ1v) is 16.3. The van der Waals surface area contributed by atoms with E-state index in [-0.39, 0.29) is 17.9 Å². The van der Waals surface area contributed by atoms with Gasteiger partial charge in [-0.2, -0.15) is 0 Å². The Labute approximate surface area is 255 Å². The van der Waals surface area contributed by atoms with Gasteiger partial charge in [0.05, 0.1) is 23.6 Å². The molecular weight excluding hydrogens is 532 g/mol. The minimum atomic E-state index is -0.487. The summed E-state index contributed by atoms with van der Waals surface area (Å²) < 4.78 is 2.52. The fraction of sp³-hybridized carbons (Fsp3) is 0.459. The first kappa shape index (κ1) is 28.3. The monoisotopic (exact) mass is 576 g/mol. The van der Waals surface area contributed by atoms with Gasteiger partial charge in [0.15, 0.2) is 0 Å². The third-order valence-electron chi connectivity index (χ3n) is 10.9. The van der Waals surface area contributed by atoms with E-state index in [9.17, 15) is 9.90 Å². The third kappa shape index (κ3) is 5.29. The molecule has 3 saturated heterocycles. The molecule has 224 valence electrons. The molecule has 6 heteroatoms. The summed E-state index contributed by atoms with van der Waals surface area (Å²) in [6, 6.07) is 31.1. The molecule has 3 aromatic carbocycles. The molecule has 0 spiro atoms. The molecule has 2 bridgehead atoms. The summed E-state index contributed by atoms with van der Waals surface area (Å²) in [5.41, 5.74) is 4.75. The minimum absolute atomic E-state index is 0.0535. The van der Waals surface area contributed by atoms with Crippen LogP contribution >= 0.6 is 0 Å². The molecule has 3 fully saturated rings. The van der Waals surface area contributed by atoms with Crippen molar-refractivity contribution in [2.24, 2.45) is 0 Å². The van der Waals surface area contributed by atoms with Gasteiger partial charge in [-0.3, -0.25) is 9.69 Å². The van der Waals surface area contributed by atoms with E-state index in [2.05, 4.69) is 71.0 Å². The topological polar surface area (TPSA) is 61.6 Å². The molecule has 4 heterocycles. The Kier molecular flexibility index (Phi) is 7.83. The van der Waals surface area contributed by atoms with E-state index in [1.165, 1.54) is 36.8 Å². The van der Waals surface area contributed by atoms with E-state index in [1.54, 1.807) is 0 Å². The number of para-hydroxylation sites is 2. The minimum Gasteiger partial charge on any atom is -0.395 e. The number of imidazole rings is 1. The second-order valence-electron chi connectivity index (χ2n) is 13.1. The van der Waals surface area contributed by atoms with Crippen molar-refractivity contribution in [1.29, 1.82) is 0 Å². The molecule has 2 unspecified atom stereocenters. The van der Waals surface area contributed by atoms with Crippen molar-refractivity contribution in [2.45, 2.75) is 81.3 Å². The predicted octanol–water partition coefficient (Wildman–Crippen LogP) is 6.24. The van der Waals surface area contributed by atoms with Crippen molar-refractivity contribution >= 4 is 16.9 Å². The Morgan fingerprint density at radius 3 is 2.19 bits per heavy atom. The van der Waals surface area contributed by atoms with Crippen LogP contribution in [0.3, 0.4) is 0 Å². The van der Waals surface area contributed by atoms with Crippen LogP contribution in [-0.2, 0) is 10.2 Å². The van der Waals surface area contributed by atoms with Gasteiger partial charge < -0.3 is 14.6 Å². The van der Waals surface area contributed by atoms with Gasteiger partial charge in [0.25, 0.3) is 0 Å². The number of carbonyl (C=O) groups is 1. The van der Waals surface area contributed by atoms with Gasteiger partial charge in [-0.25, -0.2) is 4.98 Å². The van der Waals surface area contributed by atoms with Gasteiger partial charge in [-0.1, -0.05) is 72.8 Å². The Morgan fingerprint density at radius 2 is 1.51 bits per heavy atom. The number of hydrogen-bond acceptors (Lipinski definition) is 4. The molecular formula is C37H44N4O2. The van der Waals surface area contributed by atoms with E-state index in [0.717, 1.165) is 55.8 Å². The Balaban J connectivity index is 1.05. The number of fused-ring (bicyclic) bond motifs is 3. The molecule has 3 aliphatic heterocycles. The van der Waals surface area contributed by atoms with Crippen molar-refractivity contribution in [3.8, 4) is 0 Å². The molecule has 0 radical (unpaired) electrons. The second kappa shape index (κ2) is 11.9. The first-order valence-electron chi connectivity index (χ1n) is 16.3.